The Morgan fingerprint density at radius 1 is 1.22 bits per heavy atom. The highest BCUT2D eigenvalue weighted by atomic mass is 32.2. The van der Waals surface area contributed by atoms with E-state index in [4.69, 9.17) is 0 Å². The summed E-state index contributed by atoms with van der Waals surface area (Å²) in [6.07, 6.45) is 1.19. The fourth-order valence-corrected chi connectivity index (χ4v) is 3.85. The molecule has 1 aliphatic heterocycles. The van der Waals surface area contributed by atoms with Crippen LogP contribution in [0.25, 0.3) is 0 Å². The normalized spacial score (nSPS) is 17.8. The van der Waals surface area contributed by atoms with Crippen LogP contribution in [0.2, 0.25) is 0 Å². The number of phenolic OH excluding ortho intramolecular Hbond substituents is 1. The Morgan fingerprint density at radius 2 is 1.96 bits per heavy atom. The van der Waals surface area contributed by atoms with E-state index in [1.54, 1.807) is 54.2 Å². The summed E-state index contributed by atoms with van der Waals surface area (Å²) in [6.45, 7) is 0. The zero-order valence-electron chi connectivity index (χ0n) is 12.4. The summed E-state index contributed by atoms with van der Waals surface area (Å²) in [5.41, 5.74) is 2.53. The zero-order chi connectivity index (χ0) is 16.4. The van der Waals surface area contributed by atoms with Gasteiger partial charge in [-0.2, -0.15) is 0 Å². The van der Waals surface area contributed by atoms with Crippen molar-refractivity contribution in [1.82, 2.24) is 0 Å². The van der Waals surface area contributed by atoms with Crippen LogP contribution in [-0.4, -0.2) is 36.7 Å². The van der Waals surface area contributed by atoms with Crippen LogP contribution in [0, 0.1) is 0 Å². The lowest BCUT2D eigenvalue weighted by atomic mass is 10.1. The minimum Gasteiger partial charge on any atom is -0.508 e. The lowest BCUT2D eigenvalue weighted by Crippen LogP contribution is -2.09. The van der Waals surface area contributed by atoms with Gasteiger partial charge in [-0.15, -0.1) is 11.8 Å². The van der Waals surface area contributed by atoms with Gasteiger partial charge in [-0.25, -0.2) is 8.42 Å². The van der Waals surface area contributed by atoms with Gasteiger partial charge in [-0.3, -0.25) is 4.99 Å². The standard InChI is InChI=1S/C16H16N2O3S2/c1-23(20,21)14-7-5-11(6-8-14)15-10-22-16(18-15)17-12-3-2-4-13(19)9-12/h2-9,16-17,19H,10H2,1H3. The molecule has 0 saturated carbocycles. The number of aromatic hydroxyl groups is 1. The van der Waals surface area contributed by atoms with Gasteiger partial charge in [0.05, 0.1) is 10.6 Å². The average molecular weight is 348 g/mol. The van der Waals surface area contributed by atoms with Gasteiger partial charge in [0.25, 0.3) is 0 Å². The van der Waals surface area contributed by atoms with Crippen molar-refractivity contribution in [2.45, 2.75) is 10.4 Å². The molecule has 1 atom stereocenters. The van der Waals surface area contributed by atoms with Crippen molar-refractivity contribution in [3.63, 3.8) is 0 Å². The van der Waals surface area contributed by atoms with Gasteiger partial charge in [0, 0.05) is 23.8 Å². The highest BCUT2D eigenvalue weighted by Gasteiger charge is 2.19. The smallest absolute Gasteiger partial charge is 0.175 e. The number of thioether (sulfide) groups is 1. The maximum Gasteiger partial charge on any atom is 0.175 e. The van der Waals surface area contributed by atoms with Crippen molar-refractivity contribution in [2.24, 2.45) is 4.99 Å². The summed E-state index contributed by atoms with van der Waals surface area (Å²) < 4.78 is 23.0. The summed E-state index contributed by atoms with van der Waals surface area (Å²) in [5.74, 6) is 0.952. The number of aliphatic imine (C=N–C) groups is 1. The molecule has 0 bridgehead atoms. The largest absolute Gasteiger partial charge is 0.508 e. The number of hydrogen-bond donors (Lipinski definition) is 2. The van der Waals surface area contributed by atoms with Gasteiger partial charge >= 0.3 is 0 Å². The van der Waals surface area contributed by atoms with Crippen LogP contribution in [-0.2, 0) is 9.84 Å². The maximum atomic E-state index is 11.5. The molecule has 2 aromatic carbocycles. The van der Waals surface area contributed by atoms with Crippen molar-refractivity contribution in [3.8, 4) is 5.75 Å². The van der Waals surface area contributed by atoms with E-state index in [1.807, 2.05) is 6.07 Å². The van der Waals surface area contributed by atoms with Crippen LogP contribution >= 0.6 is 11.8 Å². The number of anilines is 1. The van der Waals surface area contributed by atoms with Gasteiger partial charge < -0.3 is 10.4 Å². The minimum atomic E-state index is -3.18. The number of rotatable bonds is 4. The third-order valence-corrected chi connectivity index (χ3v) is 5.51. The number of nitrogens with one attached hydrogen (secondary N) is 1. The Hall–Kier alpha value is -1.99. The van der Waals surface area contributed by atoms with Crippen LogP contribution in [0.1, 0.15) is 5.56 Å². The fraction of sp³-hybridized carbons (Fsp3) is 0.188. The number of benzene rings is 2. The van der Waals surface area contributed by atoms with Gasteiger partial charge in [0.2, 0.25) is 0 Å². The topological polar surface area (TPSA) is 78.8 Å². The lowest BCUT2D eigenvalue weighted by molar-refractivity contribution is 0.475. The Morgan fingerprint density at radius 3 is 2.61 bits per heavy atom. The molecule has 2 N–H and O–H groups in total. The van der Waals surface area contributed by atoms with Crippen LogP contribution in [0.5, 0.6) is 5.75 Å². The van der Waals surface area contributed by atoms with E-state index >= 15 is 0 Å². The molecule has 0 aromatic heterocycles. The molecule has 23 heavy (non-hydrogen) atoms. The number of sulfone groups is 1. The van der Waals surface area contributed by atoms with Crippen LogP contribution < -0.4 is 5.32 Å². The predicted molar refractivity (Wildman–Crippen MR) is 94.1 cm³/mol. The first-order valence-corrected chi connectivity index (χ1v) is 9.90. The molecule has 0 radical (unpaired) electrons. The van der Waals surface area contributed by atoms with Crippen LogP contribution in [0.4, 0.5) is 5.69 Å². The number of phenols is 1. The summed E-state index contributed by atoms with van der Waals surface area (Å²) >= 11 is 1.64. The summed E-state index contributed by atoms with van der Waals surface area (Å²) in [5, 5.41) is 12.7. The molecule has 3 rings (SSSR count). The number of nitrogens with zero attached hydrogens (tertiary/aromatic N) is 1. The van der Waals surface area contributed by atoms with Crippen molar-refractivity contribution in [2.75, 3.05) is 17.3 Å². The van der Waals surface area contributed by atoms with E-state index in [0.29, 0.717) is 4.90 Å². The monoisotopic (exact) mass is 348 g/mol. The summed E-state index contributed by atoms with van der Waals surface area (Å²) in [4.78, 5) is 4.92. The summed E-state index contributed by atoms with van der Waals surface area (Å²) in [7, 11) is -3.18. The van der Waals surface area contributed by atoms with Crippen LogP contribution in [0.3, 0.4) is 0 Å². The molecular weight excluding hydrogens is 332 g/mol. The van der Waals surface area contributed by atoms with E-state index in [9.17, 15) is 13.5 Å². The Labute approximate surface area is 139 Å². The van der Waals surface area contributed by atoms with Crippen molar-refractivity contribution in [3.05, 3.63) is 54.1 Å². The molecule has 1 aliphatic rings. The van der Waals surface area contributed by atoms with E-state index < -0.39 is 9.84 Å². The second kappa shape index (κ2) is 6.25. The molecule has 0 saturated heterocycles. The Bertz CT molecular complexity index is 846. The second-order valence-corrected chi connectivity index (χ2v) is 8.31. The first-order valence-electron chi connectivity index (χ1n) is 6.96. The highest BCUT2D eigenvalue weighted by Crippen LogP contribution is 2.26. The molecule has 120 valence electrons. The van der Waals surface area contributed by atoms with Gasteiger partial charge in [-0.1, -0.05) is 18.2 Å². The molecule has 0 aliphatic carbocycles. The second-order valence-electron chi connectivity index (χ2n) is 5.23. The molecule has 0 spiro atoms. The average Bonchev–Trinajstić information content (AvgIpc) is 2.95. The third kappa shape index (κ3) is 3.86. The predicted octanol–water partition coefficient (Wildman–Crippen LogP) is 2.73. The molecule has 0 fully saturated rings. The molecule has 2 aromatic rings. The maximum absolute atomic E-state index is 11.5. The first kappa shape index (κ1) is 15.9. The van der Waals surface area contributed by atoms with Gasteiger partial charge in [-0.05, 0) is 29.8 Å². The quantitative estimate of drug-likeness (QED) is 0.888. The Balaban J connectivity index is 1.74. The van der Waals surface area contributed by atoms with Crippen molar-refractivity contribution in [1.29, 1.82) is 0 Å². The molecule has 0 amide bonds. The van der Waals surface area contributed by atoms with Gasteiger partial charge in [0.15, 0.2) is 15.3 Å². The Kier molecular flexibility index (Phi) is 4.32. The molecule has 5 nitrogen and oxygen atoms in total. The van der Waals surface area contributed by atoms with Crippen molar-refractivity contribution >= 4 is 33.0 Å². The zero-order valence-corrected chi connectivity index (χ0v) is 14.1. The minimum absolute atomic E-state index is 0.124. The first-order chi connectivity index (χ1) is 10.9. The van der Waals surface area contributed by atoms with Crippen LogP contribution in [0.15, 0.2) is 58.4 Å². The highest BCUT2D eigenvalue weighted by molar-refractivity contribution is 8.01. The molecule has 7 heteroatoms. The third-order valence-electron chi connectivity index (χ3n) is 3.40. The summed E-state index contributed by atoms with van der Waals surface area (Å²) in [6, 6.07) is 13.7. The number of hydrogen-bond acceptors (Lipinski definition) is 6. The SMILES string of the molecule is CS(=O)(=O)c1ccc(C2=NC(Nc3cccc(O)c3)SC2)cc1. The van der Waals surface area contributed by atoms with Gasteiger partial charge in [0.1, 0.15) is 5.75 Å². The van der Waals surface area contributed by atoms with E-state index in [2.05, 4.69) is 10.3 Å². The molecular formula is C16H16N2O3S2. The van der Waals surface area contributed by atoms with E-state index in [0.717, 1.165) is 22.7 Å². The fourth-order valence-electron chi connectivity index (χ4n) is 2.24. The molecule has 1 heterocycles. The lowest BCUT2D eigenvalue weighted by Gasteiger charge is -2.10. The van der Waals surface area contributed by atoms with E-state index in [1.165, 1.54) is 6.26 Å². The molecule has 1 unspecified atom stereocenters. The van der Waals surface area contributed by atoms with Crippen molar-refractivity contribution < 1.29 is 13.5 Å². The van der Waals surface area contributed by atoms with E-state index in [-0.39, 0.29) is 11.2 Å².